The zero-order valence-electron chi connectivity index (χ0n) is 12.0. The number of rotatable bonds is 2. The molecular weight excluding hydrogens is 372 g/mol. The van der Waals surface area contributed by atoms with Crippen LogP contribution in [0.2, 0.25) is 0 Å². The molecule has 1 N–H and O–H groups in total. The Hall–Kier alpha value is -1.12. The van der Waals surface area contributed by atoms with E-state index in [-0.39, 0.29) is 17.4 Å². The van der Waals surface area contributed by atoms with Gasteiger partial charge >= 0.3 is 0 Å². The van der Waals surface area contributed by atoms with Crippen molar-refractivity contribution in [3.05, 3.63) is 16.6 Å². The smallest absolute Gasteiger partial charge is 0.262 e. The standard InChI is InChI=1S/C14H17BrN2O4S/c15-10-7-11-12(21-9-14(18)16-11)8-13(10)22(19,20)17-5-3-1-2-4-6-17/h7-8H,1-6,9H2,(H,16,18). The Labute approximate surface area is 138 Å². The summed E-state index contributed by atoms with van der Waals surface area (Å²) < 4.78 is 33.0. The zero-order valence-corrected chi connectivity index (χ0v) is 14.4. The third-order valence-corrected chi connectivity index (χ3v) is 6.71. The molecule has 0 spiro atoms. The second-order valence-electron chi connectivity index (χ2n) is 5.43. The summed E-state index contributed by atoms with van der Waals surface area (Å²) in [7, 11) is -3.57. The van der Waals surface area contributed by atoms with E-state index in [2.05, 4.69) is 21.2 Å². The topological polar surface area (TPSA) is 75.7 Å². The van der Waals surface area contributed by atoms with Gasteiger partial charge in [0, 0.05) is 23.6 Å². The number of hydrogen-bond donors (Lipinski definition) is 1. The van der Waals surface area contributed by atoms with E-state index in [0.717, 1.165) is 25.7 Å². The van der Waals surface area contributed by atoms with Gasteiger partial charge in [0.05, 0.1) is 5.69 Å². The molecule has 0 aromatic heterocycles. The molecule has 0 bridgehead atoms. The lowest BCUT2D eigenvalue weighted by Crippen LogP contribution is -2.32. The minimum Gasteiger partial charge on any atom is -0.482 e. The van der Waals surface area contributed by atoms with Crippen molar-refractivity contribution in [2.75, 3.05) is 25.0 Å². The number of nitrogens with zero attached hydrogens (tertiary/aromatic N) is 1. The van der Waals surface area contributed by atoms with E-state index in [4.69, 9.17) is 4.74 Å². The number of nitrogens with one attached hydrogen (secondary N) is 1. The Balaban J connectivity index is 1.98. The molecule has 0 atom stereocenters. The number of benzene rings is 1. The van der Waals surface area contributed by atoms with Crippen LogP contribution in [-0.4, -0.2) is 38.3 Å². The van der Waals surface area contributed by atoms with E-state index >= 15 is 0 Å². The predicted molar refractivity (Wildman–Crippen MR) is 85.5 cm³/mol. The largest absolute Gasteiger partial charge is 0.482 e. The Kier molecular flexibility index (Phi) is 4.42. The van der Waals surface area contributed by atoms with Gasteiger partial charge in [-0.3, -0.25) is 4.79 Å². The summed E-state index contributed by atoms with van der Waals surface area (Å²) in [5.41, 5.74) is 0.484. The first-order valence-corrected chi connectivity index (χ1v) is 9.48. The summed E-state index contributed by atoms with van der Waals surface area (Å²) in [4.78, 5) is 11.5. The molecule has 0 aliphatic carbocycles. The predicted octanol–water partition coefficient (Wildman–Crippen LogP) is 2.34. The first-order valence-electron chi connectivity index (χ1n) is 7.25. The van der Waals surface area contributed by atoms with Crippen molar-refractivity contribution in [2.45, 2.75) is 30.6 Å². The Morgan fingerprint density at radius 3 is 2.50 bits per heavy atom. The maximum Gasteiger partial charge on any atom is 0.262 e. The fourth-order valence-electron chi connectivity index (χ4n) is 2.70. The molecule has 1 amide bonds. The summed E-state index contributed by atoms with van der Waals surface area (Å²) in [6.45, 7) is 0.991. The van der Waals surface area contributed by atoms with Crippen LogP contribution >= 0.6 is 15.9 Å². The average molecular weight is 389 g/mol. The van der Waals surface area contributed by atoms with Gasteiger partial charge in [0.25, 0.3) is 5.91 Å². The van der Waals surface area contributed by atoms with Gasteiger partial charge in [-0.15, -0.1) is 0 Å². The summed E-state index contributed by atoms with van der Waals surface area (Å²) in [5, 5.41) is 2.67. The quantitative estimate of drug-likeness (QED) is 0.843. The highest BCUT2D eigenvalue weighted by molar-refractivity contribution is 9.10. The second kappa shape index (κ2) is 6.17. The minimum absolute atomic E-state index is 0.0994. The van der Waals surface area contributed by atoms with Gasteiger partial charge in [-0.05, 0) is 34.8 Å². The number of ether oxygens (including phenoxy) is 1. The van der Waals surface area contributed by atoms with Gasteiger partial charge in [0.1, 0.15) is 10.6 Å². The van der Waals surface area contributed by atoms with Crippen molar-refractivity contribution in [1.29, 1.82) is 0 Å². The third kappa shape index (κ3) is 3.00. The number of fused-ring (bicyclic) bond motifs is 1. The molecule has 0 unspecified atom stereocenters. The number of carbonyl (C=O) groups excluding carboxylic acids is 1. The Morgan fingerprint density at radius 1 is 1.14 bits per heavy atom. The highest BCUT2D eigenvalue weighted by Crippen LogP contribution is 2.37. The van der Waals surface area contributed by atoms with E-state index in [1.165, 1.54) is 10.4 Å². The summed E-state index contributed by atoms with van der Waals surface area (Å²) in [6.07, 6.45) is 3.89. The average Bonchev–Trinajstić information content (AvgIpc) is 2.75. The molecule has 0 radical (unpaired) electrons. The summed E-state index contributed by atoms with van der Waals surface area (Å²) >= 11 is 3.30. The maximum absolute atomic E-state index is 12.9. The van der Waals surface area contributed by atoms with Crippen molar-refractivity contribution >= 4 is 37.5 Å². The van der Waals surface area contributed by atoms with Crippen LogP contribution in [0.25, 0.3) is 0 Å². The molecule has 120 valence electrons. The lowest BCUT2D eigenvalue weighted by Gasteiger charge is -2.23. The number of amides is 1. The number of sulfonamides is 1. The third-order valence-electron chi connectivity index (χ3n) is 3.85. The van der Waals surface area contributed by atoms with Gasteiger partial charge in [-0.25, -0.2) is 8.42 Å². The van der Waals surface area contributed by atoms with Crippen molar-refractivity contribution < 1.29 is 17.9 Å². The summed E-state index contributed by atoms with van der Waals surface area (Å²) in [6, 6.07) is 3.07. The van der Waals surface area contributed by atoms with Crippen molar-refractivity contribution in [3.8, 4) is 5.75 Å². The first kappa shape index (κ1) is 15.8. The molecule has 2 aliphatic rings. The molecule has 2 heterocycles. The van der Waals surface area contributed by atoms with E-state index < -0.39 is 10.0 Å². The minimum atomic E-state index is -3.57. The van der Waals surface area contributed by atoms with Crippen molar-refractivity contribution in [2.24, 2.45) is 0 Å². The molecule has 1 fully saturated rings. The van der Waals surface area contributed by atoms with Crippen LogP contribution in [0, 0.1) is 0 Å². The van der Waals surface area contributed by atoms with E-state index in [9.17, 15) is 13.2 Å². The molecule has 2 aliphatic heterocycles. The fourth-order valence-corrected chi connectivity index (χ4v) is 5.24. The molecule has 1 aromatic carbocycles. The molecule has 1 saturated heterocycles. The van der Waals surface area contributed by atoms with Crippen LogP contribution in [0.1, 0.15) is 25.7 Å². The number of carbonyl (C=O) groups is 1. The molecule has 6 nitrogen and oxygen atoms in total. The van der Waals surface area contributed by atoms with Gasteiger partial charge < -0.3 is 10.1 Å². The van der Waals surface area contributed by atoms with Gasteiger partial charge in [-0.2, -0.15) is 4.31 Å². The fraction of sp³-hybridized carbons (Fsp3) is 0.500. The van der Waals surface area contributed by atoms with Gasteiger partial charge in [0.15, 0.2) is 6.61 Å². The van der Waals surface area contributed by atoms with E-state index in [0.29, 0.717) is 29.0 Å². The van der Waals surface area contributed by atoms with Crippen LogP contribution in [0.4, 0.5) is 5.69 Å². The van der Waals surface area contributed by atoms with Crippen LogP contribution in [0.5, 0.6) is 5.75 Å². The molecule has 3 rings (SSSR count). The monoisotopic (exact) mass is 388 g/mol. The Morgan fingerprint density at radius 2 is 1.82 bits per heavy atom. The second-order valence-corrected chi connectivity index (χ2v) is 8.19. The zero-order chi connectivity index (χ0) is 15.7. The van der Waals surface area contributed by atoms with Crippen LogP contribution in [0.3, 0.4) is 0 Å². The van der Waals surface area contributed by atoms with E-state index in [1.807, 2.05) is 0 Å². The first-order chi connectivity index (χ1) is 10.5. The van der Waals surface area contributed by atoms with Crippen LogP contribution in [0.15, 0.2) is 21.5 Å². The lowest BCUT2D eigenvalue weighted by molar-refractivity contribution is -0.118. The Bertz CT molecular complexity index is 697. The van der Waals surface area contributed by atoms with Gasteiger partial charge in [0.2, 0.25) is 10.0 Å². The normalized spacial score (nSPS) is 19.8. The van der Waals surface area contributed by atoms with Crippen LogP contribution in [-0.2, 0) is 14.8 Å². The van der Waals surface area contributed by atoms with Gasteiger partial charge in [-0.1, -0.05) is 12.8 Å². The number of anilines is 1. The maximum atomic E-state index is 12.9. The molecule has 0 saturated carbocycles. The SMILES string of the molecule is O=C1COc2cc(S(=O)(=O)N3CCCCCC3)c(Br)cc2N1. The summed E-state index contributed by atoms with van der Waals surface area (Å²) in [5.74, 6) is 0.138. The molecule has 22 heavy (non-hydrogen) atoms. The molecular formula is C14H17BrN2O4S. The molecule has 1 aromatic rings. The van der Waals surface area contributed by atoms with E-state index in [1.54, 1.807) is 6.07 Å². The van der Waals surface area contributed by atoms with Crippen molar-refractivity contribution in [1.82, 2.24) is 4.31 Å². The van der Waals surface area contributed by atoms with Crippen molar-refractivity contribution in [3.63, 3.8) is 0 Å². The number of hydrogen-bond acceptors (Lipinski definition) is 4. The van der Waals surface area contributed by atoms with Crippen LogP contribution < -0.4 is 10.1 Å². The lowest BCUT2D eigenvalue weighted by atomic mass is 10.2. The highest BCUT2D eigenvalue weighted by Gasteiger charge is 2.29. The highest BCUT2D eigenvalue weighted by atomic mass is 79.9. The number of halogens is 1. The molecule has 8 heteroatoms.